The molecule has 0 bridgehead atoms. The fourth-order valence-corrected chi connectivity index (χ4v) is 5.72. The first kappa shape index (κ1) is 13.3. The minimum atomic E-state index is 0.668. The Hall–Kier alpha value is -0.740. The Morgan fingerprint density at radius 3 is 2.00 bits per heavy atom. The highest BCUT2D eigenvalue weighted by molar-refractivity contribution is 7.52. The molecule has 98 valence electrons. The van der Waals surface area contributed by atoms with Gasteiger partial charge >= 0.3 is 0 Å². The van der Waals surface area contributed by atoms with Crippen molar-refractivity contribution in [1.29, 1.82) is 0 Å². The third-order valence-electron chi connectivity index (χ3n) is 3.44. The molecule has 0 radical (unpaired) electrons. The predicted molar refractivity (Wildman–Crippen MR) is 89.0 cm³/mol. The Morgan fingerprint density at radius 1 is 0.789 bits per heavy atom. The van der Waals surface area contributed by atoms with E-state index in [1.807, 2.05) is 0 Å². The number of benzene rings is 2. The summed E-state index contributed by atoms with van der Waals surface area (Å²) in [6, 6.07) is 21.8. The highest BCUT2D eigenvalue weighted by Gasteiger charge is 2.26. The molecule has 1 nitrogen and oxygen atoms in total. The second kappa shape index (κ2) is 6.62. The summed E-state index contributed by atoms with van der Waals surface area (Å²) in [6.45, 7) is 1.18. The van der Waals surface area contributed by atoms with E-state index in [9.17, 15) is 0 Å². The van der Waals surface area contributed by atoms with Crippen LogP contribution in [-0.2, 0) is 0 Å². The van der Waals surface area contributed by atoms with E-state index in [1.165, 1.54) is 23.6 Å². The molecule has 0 spiro atoms. The lowest BCUT2D eigenvalue weighted by Crippen LogP contribution is -2.26. The molecule has 0 saturated carbocycles. The number of rotatable bonds is 4. The van der Waals surface area contributed by atoms with Gasteiger partial charge in [0.05, 0.1) is 0 Å². The van der Waals surface area contributed by atoms with Gasteiger partial charge in [-0.05, 0) is 23.6 Å². The molecule has 2 aromatic carbocycles. The molecule has 0 aliphatic carbocycles. The van der Waals surface area contributed by atoms with Gasteiger partial charge < -0.3 is 5.32 Å². The van der Waals surface area contributed by atoms with Crippen molar-refractivity contribution in [1.82, 2.24) is 5.32 Å². The summed E-state index contributed by atoms with van der Waals surface area (Å²) in [5.74, 6) is 0.668. The van der Waals surface area contributed by atoms with Crippen molar-refractivity contribution in [3.8, 4) is 0 Å². The number of nitrogens with one attached hydrogen (secondary N) is 1. The van der Waals surface area contributed by atoms with Gasteiger partial charge in [0.25, 0.3) is 0 Å². The zero-order chi connectivity index (χ0) is 12.9. The molecule has 3 rings (SSSR count). The van der Waals surface area contributed by atoms with E-state index < -0.39 is 0 Å². The summed E-state index contributed by atoms with van der Waals surface area (Å²) < 4.78 is 0. The van der Waals surface area contributed by atoms with Crippen molar-refractivity contribution in [2.75, 3.05) is 6.54 Å². The Bertz CT molecular complexity index is 453. The van der Waals surface area contributed by atoms with Crippen LogP contribution in [0.5, 0.6) is 0 Å². The first-order valence-electron chi connectivity index (χ1n) is 6.78. The molecule has 0 amide bonds. The largest absolute Gasteiger partial charge is 0.309 e. The first-order chi connectivity index (χ1) is 9.42. The molecule has 19 heavy (non-hydrogen) atoms. The van der Waals surface area contributed by atoms with Gasteiger partial charge in [-0.15, -0.1) is 0 Å². The molecule has 1 aliphatic heterocycles. The molecule has 1 N–H and O–H groups in total. The molecule has 1 heterocycles. The van der Waals surface area contributed by atoms with Gasteiger partial charge in [-0.25, -0.2) is 0 Å². The van der Waals surface area contributed by atoms with Crippen LogP contribution in [0, 0.1) is 0 Å². The summed E-state index contributed by atoms with van der Waals surface area (Å²) in [5, 5.41) is 6.67. The minimum Gasteiger partial charge on any atom is -0.309 e. The van der Waals surface area contributed by atoms with E-state index in [1.54, 1.807) is 0 Å². The summed E-state index contributed by atoms with van der Waals surface area (Å²) in [4.78, 5) is 0. The smallest absolute Gasteiger partial charge is 0.0350 e. The average Bonchev–Trinajstić information content (AvgIpc) is 2.88. The standard InChI is InChI=1S/C16H19NP2/c1-3-7-13(8-4-1)18-15-11-12-17-16(15)19-14-9-5-2-6-10-14/h1-10,15-19H,11-12H2. The Morgan fingerprint density at radius 2 is 1.37 bits per heavy atom. The van der Waals surface area contributed by atoms with Crippen LogP contribution in [0.15, 0.2) is 60.7 Å². The number of hydrogen-bond donors (Lipinski definition) is 1. The summed E-state index contributed by atoms with van der Waals surface area (Å²) in [6.07, 6.45) is 1.32. The molecule has 1 aliphatic rings. The highest BCUT2D eigenvalue weighted by Crippen LogP contribution is 2.35. The summed E-state index contributed by atoms with van der Waals surface area (Å²) in [5.41, 5.74) is 0.806. The monoisotopic (exact) mass is 287 g/mol. The van der Waals surface area contributed by atoms with E-state index in [4.69, 9.17) is 0 Å². The van der Waals surface area contributed by atoms with E-state index in [0.717, 1.165) is 22.8 Å². The molecule has 1 fully saturated rings. The number of hydrogen-bond acceptors (Lipinski definition) is 1. The van der Waals surface area contributed by atoms with Crippen molar-refractivity contribution < 1.29 is 0 Å². The van der Waals surface area contributed by atoms with Gasteiger partial charge in [-0.1, -0.05) is 77.8 Å². The maximum Gasteiger partial charge on any atom is 0.0350 e. The molecule has 0 aromatic heterocycles. The van der Waals surface area contributed by atoms with Crippen LogP contribution in [0.4, 0.5) is 0 Å². The lowest BCUT2D eigenvalue weighted by atomic mass is 10.4. The Labute approximate surface area is 118 Å². The van der Waals surface area contributed by atoms with Gasteiger partial charge in [0.15, 0.2) is 0 Å². The van der Waals surface area contributed by atoms with Gasteiger partial charge in [-0.2, -0.15) is 0 Å². The predicted octanol–water partition coefficient (Wildman–Crippen LogP) is 2.68. The fourth-order valence-electron chi connectivity index (χ4n) is 2.47. The zero-order valence-electron chi connectivity index (χ0n) is 10.8. The van der Waals surface area contributed by atoms with Crippen LogP contribution in [0.1, 0.15) is 6.42 Å². The van der Waals surface area contributed by atoms with Crippen LogP contribution < -0.4 is 15.9 Å². The molecule has 2 aromatic rings. The topological polar surface area (TPSA) is 12.0 Å². The quantitative estimate of drug-likeness (QED) is 0.853. The molecule has 3 heteroatoms. The lowest BCUT2D eigenvalue weighted by molar-refractivity contribution is 0.808. The summed E-state index contributed by atoms with van der Waals surface area (Å²) >= 11 is 0. The van der Waals surface area contributed by atoms with Crippen molar-refractivity contribution in [3.63, 3.8) is 0 Å². The average molecular weight is 287 g/mol. The van der Waals surface area contributed by atoms with E-state index in [2.05, 4.69) is 66.0 Å². The van der Waals surface area contributed by atoms with Crippen LogP contribution in [0.3, 0.4) is 0 Å². The third-order valence-corrected chi connectivity index (χ3v) is 7.02. The van der Waals surface area contributed by atoms with Crippen molar-refractivity contribution >= 4 is 27.8 Å². The van der Waals surface area contributed by atoms with Gasteiger partial charge in [0.2, 0.25) is 0 Å². The zero-order valence-corrected chi connectivity index (χ0v) is 12.8. The molecular weight excluding hydrogens is 268 g/mol. The molecular formula is C16H19NP2. The van der Waals surface area contributed by atoms with Crippen LogP contribution >= 0.6 is 17.2 Å². The SMILES string of the molecule is c1ccc(PC2CCNC2Pc2ccccc2)cc1. The van der Waals surface area contributed by atoms with Crippen LogP contribution in [0.2, 0.25) is 0 Å². The van der Waals surface area contributed by atoms with Crippen molar-refractivity contribution in [3.05, 3.63) is 60.7 Å². The second-order valence-electron chi connectivity index (χ2n) is 4.85. The Kier molecular flexibility index (Phi) is 4.62. The normalized spacial score (nSPS) is 23.8. The van der Waals surface area contributed by atoms with Crippen LogP contribution in [-0.4, -0.2) is 18.0 Å². The van der Waals surface area contributed by atoms with Crippen LogP contribution in [0.25, 0.3) is 0 Å². The Balaban J connectivity index is 1.65. The fraction of sp³-hybridized carbons (Fsp3) is 0.250. The minimum absolute atomic E-state index is 0.668. The van der Waals surface area contributed by atoms with Gasteiger partial charge in [0.1, 0.15) is 0 Å². The van der Waals surface area contributed by atoms with E-state index in [0.29, 0.717) is 5.78 Å². The van der Waals surface area contributed by atoms with E-state index >= 15 is 0 Å². The third kappa shape index (κ3) is 3.63. The van der Waals surface area contributed by atoms with Crippen molar-refractivity contribution in [2.45, 2.75) is 17.9 Å². The lowest BCUT2D eigenvalue weighted by Gasteiger charge is -2.20. The first-order valence-corrected chi connectivity index (χ1v) is 8.94. The maximum atomic E-state index is 3.69. The van der Waals surface area contributed by atoms with E-state index in [-0.39, 0.29) is 0 Å². The van der Waals surface area contributed by atoms with Crippen molar-refractivity contribution in [2.24, 2.45) is 0 Å². The second-order valence-corrected chi connectivity index (χ2v) is 7.94. The highest BCUT2D eigenvalue weighted by atomic mass is 31.1. The van der Waals surface area contributed by atoms with Gasteiger partial charge in [-0.3, -0.25) is 0 Å². The molecule has 4 atom stereocenters. The summed E-state index contributed by atoms with van der Waals surface area (Å²) in [7, 11) is 1.82. The molecule has 1 saturated heterocycles. The maximum absolute atomic E-state index is 3.69. The van der Waals surface area contributed by atoms with Gasteiger partial charge in [0, 0.05) is 11.4 Å². The molecule has 4 unspecified atom stereocenters.